The number of nitrogens with zero attached hydrogens (tertiary/aromatic N) is 6. The SMILES string of the molecule is COc1cccc(F)c1-c1ncc2[nH]nc(-c3ccc(N4CCN(C(=O)CCCNc5ccc6c(c5)C(=O)N(C5CCC(=O)NC5=O)C6=O)CC4)cc3)c2n1. The fraction of sp³-hybridized carbons (Fsp3) is 0.282. The van der Waals surface area contributed by atoms with Crippen LogP contribution in [-0.2, 0) is 14.4 Å². The molecule has 0 radical (unpaired) electrons. The number of rotatable bonds is 10. The van der Waals surface area contributed by atoms with E-state index in [0.29, 0.717) is 73.7 Å². The second kappa shape index (κ2) is 14.6. The standard InChI is InChI=1S/C39H36FN9O6/c1-55-30-5-2-4-27(40)33(30)36-42-21-28-35(44-36)34(46-45-28)22-7-10-24(11-8-22)47-16-18-48(19-17-47)32(51)6-3-15-41-23-9-12-25-26(20-23)39(54)49(38(25)53)29-13-14-31(50)43-37(29)52/h2,4-5,7-12,20-21,29,41H,3,6,13-19H2,1H3,(H,45,46)(H,43,50,52). The van der Waals surface area contributed by atoms with Crippen LogP contribution in [0.3, 0.4) is 0 Å². The zero-order chi connectivity index (χ0) is 38.2. The van der Waals surface area contributed by atoms with Crippen molar-refractivity contribution in [2.75, 3.05) is 50.1 Å². The predicted octanol–water partition coefficient (Wildman–Crippen LogP) is 3.78. The maximum absolute atomic E-state index is 14.8. The number of hydrogen-bond donors (Lipinski definition) is 3. The Balaban J connectivity index is 0.825. The van der Waals surface area contributed by atoms with Gasteiger partial charge in [-0.1, -0.05) is 18.2 Å². The molecule has 0 aliphatic carbocycles. The number of carbonyl (C=O) groups excluding carboxylic acids is 5. The maximum Gasteiger partial charge on any atom is 0.262 e. The molecule has 2 fully saturated rings. The lowest BCUT2D eigenvalue weighted by Gasteiger charge is -2.36. The lowest BCUT2D eigenvalue weighted by molar-refractivity contribution is -0.136. The van der Waals surface area contributed by atoms with Gasteiger partial charge in [0.15, 0.2) is 5.82 Å². The van der Waals surface area contributed by atoms with Crippen molar-refractivity contribution in [3.63, 3.8) is 0 Å². The quantitative estimate of drug-likeness (QED) is 0.140. The van der Waals surface area contributed by atoms with Crippen LogP contribution >= 0.6 is 0 Å². The first-order chi connectivity index (χ1) is 26.7. The van der Waals surface area contributed by atoms with Gasteiger partial charge in [0.25, 0.3) is 11.8 Å². The highest BCUT2D eigenvalue weighted by molar-refractivity contribution is 6.23. The van der Waals surface area contributed by atoms with Crippen LogP contribution < -0.4 is 20.3 Å². The molecule has 0 spiro atoms. The molecule has 2 aromatic heterocycles. The Kier molecular flexibility index (Phi) is 9.38. The summed E-state index contributed by atoms with van der Waals surface area (Å²) in [6.45, 7) is 3.00. The van der Waals surface area contributed by atoms with Crippen molar-refractivity contribution in [3.05, 3.63) is 83.8 Å². The zero-order valence-corrected chi connectivity index (χ0v) is 29.8. The van der Waals surface area contributed by atoms with E-state index in [9.17, 15) is 28.4 Å². The largest absolute Gasteiger partial charge is 0.496 e. The number of nitrogens with one attached hydrogen (secondary N) is 3. The van der Waals surface area contributed by atoms with Crippen molar-refractivity contribution in [3.8, 4) is 28.4 Å². The average molecular weight is 746 g/mol. The first-order valence-corrected chi connectivity index (χ1v) is 18.0. The van der Waals surface area contributed by atoms with Crippen LogP contribution in [0.1, 0.15) is 46.4 Å². The van der Waals surface area contributed by atoms with Crippen LogP contribution in [0.15, 0.2) is 66.9 Å². The van der Waals surface area contributed by atoms with Gasteiger partial charge in [-0.2, -0.15) is 5.10 Å². The molecule has 3 aliphatic heterocycles. The number of amides is 5. The lowest BCUT2D eigenvalue weighted by Crippen LogP contribution is -2.54. The molecule has 16 heteroatoms. The van der Waals surface area contributed by atoms with Gasteiger partial charge in [-0.3, -0.25) is 39.3 Å². The summed E-state index contributed by atoms with van der Waals surface area (Å²) < 4.78 is 20.1. The third-order valence-electron chi connectivity index (χ3n) is 10.2. The number of piperazine rings is 1. The number of benzene rings is 3. The van der Waals surface area contributed by atoms with E-state index in [2.05, 4.69) is 35.7 Å². The van der Waals surface area contributed by atoms with Crippen LogP contribution in [0.25, 0.3) is 33.7 Å². The number of ether oxygens (including phenoxy) is 1. The minimum atomic E-state index is -1.02. The molecule has 1 atom stereocenters. The van der Waals surface area contributed by atoms with Crippen LogP contribution in [-0.4, -0.2) is 105 Å². The number of aromatic nitrogens is 4. The maximum atomic E-state index is 14.8. The summed E-state index contributed by atoms with van der Waals surface area (Å²) in [5.74, 6) is -2.09. The highest BCUT2D eigenvalue weighted by atomic mass is 19.1. The van der Waals surface area contributed by atoms with Crippen LogP contribution in [0.5, 0.6) is 5.75 Å². The monoisotopic (exact) mass is 745 g/mol. The highest BCUT2D eigenvalue weighted by Crippen LogP contribution is 2.34. The summed E-state index contributed by atoms with van der Waals surface area (Å²) in [4.78, 5) is 77.0. The molecule has 3 aliphatic rings. The summed E-state index contributed by atoms with van der Waals surface area (Å²) in [6, 6.07) is 16.3. The van der Waals surface area contributed by atoms with Gasteiger partial charge in [-0.05, 0) is 55.3 Å². The second-order valence-electron chi connectivity index (χ2n) is 13.5. The molecule has 5 heterocycles. The number of H-pyrrole nitrogens is 1. The Hall–Kier alpha value is -6.71. The smallest absolute Gasteiger partial charge is 0.262 e. The van der Waals surface area contributed by atoms with E-state index in [0.717, 1.165) is 16.2 Å². The van der Waals surface area contributed by atoms with E-state index in [1.807, 2.05) is 29.2 Å². The molecular weight excluding hydrogens is 709 g/mol. The molecule has 0 bridgehead atoms. The Morgan fingerprint density at radius 2 is 1.76 bits per heavy atom. The number of piperidine rings is 1. The summed E-state index contributed by atoms with van der Waals surface area (Å²) >= 11 is 0. The molecular formula is C39H36FN9O6. The number of fused-ring (bicyclic) bond motifs is 2. The minimum absolute atomic E-state index is 0.0567. The van der Waals surface area contributed by atoms with E-state index >= 15 is 0 Å². The van der Waals surface area contributed by atoms with Gasteiger partial charge >= 0.3 is 0 Å². The van der Waals surface area contributed by atoms with Crippen LogP contribution in [0.2, 0.25) is 0 Å². The fourth-order valence-electron chi connectivity index (χ4n) is 7.28. The average Bonchev–Trinajstić information content (AvgIpc) is 3.73. The first kappa shape index (κ1) is 35.3. The van der Waals surface area contributed by atoms with E-state index in [4.69, 9.17) is 4.74 Å². The number of carbonyl (C=O) groups is 5. The van der Waals surface area contributed by atoms with E-state index in [-0.39, 0.29) is 41.3 Å². The first-order valence-electron chi connectivity index (χ1n) is 18.0. The molecule has 8 rings (SSSR count). The van der Waals surface area contributed by atoms with E-state index in [1.54, 1.807) is 36.5 Å². The van der Waals surface area contributed by atoms with Gasteiger partial charge in [0, 0.05) is 62.5 Å². The summed E-state index contributed by atoms with van der Waals surface area (Å²) in [5, 5.41) is 12.8. The van der Waals surface area contributed by atoms with Crippen LogP contribution in [0.4, 0.5) is 15.8 Å². The summed E-state index contributed by atoms with van der Waals surface area (Å²) in [6.07, 6.45) is 2.64. The Morgan fingerprint density at radius 1 is 0.982 bits per heavy atom. The van der Waals surface area contributed by atoms with Crippen LogP contribution in [0, 0.1) is 5.82 Å². The third-order valence-corrected chi connectivity index (χ3v) is 10.2. The lowest BCUT2D eigenvalue weighted by atomic mass is 10.0. The second-order valence-corrected chi connectivity index (χ2v) is 13.5. The van der Waals surface area contributed by atoms with Gasteiger partial charge < -0.3 is 19.9 Å². The molecule has 55 heavy (non-hydrogen) atoms. The number of hydrogen-bond acceptors (Lipinski definition) is 11. The van der Waals surface area contributed by atoms with E-state index in [1.165, 1.54) is 13.2 Å². The Labute approximate surface area is 313 Å². The van der Waals surface area contributed by atoms with Gasteiger partial charge in [0.05, 0.1) is 30.0 Å². The molecule has 15 nitrogen and oxygen atoms in total. The normalized spacial score (nSPS) is 17.1. The van der Waals surface area contributed by atoms with Crippen molar-refractivity contribution < 1.29 is 33.1 Å². The molecule has 5 amide bonds. The minimum Gasteiger partial charge on any atom is -0.496 e. The number of aromatic amines is 1. The van der Waals surface area contributed by atoms with Crippen molar-refractivity contribution in [1.82, 2.24) is 35.3 Å². The van der Waals surface area contributed by atoms with Crippen molar-refractivity contribution in [2.45, 2.75) is 31.7 Å². The number of imide groups is 2. The van der Waals surface area contributed by atoms with Crippen molar-refractivity contribution in [2.24, 2.45) is 0 Å². The van der Waals surface area contributed by atoms with Crippen molar-refractivity contribution in [1.29, 1.82) is 0 Å². The summed E-state index contributed by atoms with van der Waals surface area (Å²) in [7, 11) is 1.47. The molecule has 280 valence electrons. The number of methoxy groups -OCH3 is 1. The van der Waals surface area contributed by atoms with Gasteiger partial charge in [0.1, 0.15) is 34.3 Å². The molecule has 5 aromatic rings. The number of anilines is 2. The summed E-state index contributed by atoms with van der Waals surface area (Å²) in [5.41, 5.74) is 4.85. The third kappa shape index (κ3) is 6.70. The molecule has 3 aromatic carbocycles. The van der Waals surface area contributed by atoms with Gasteiger partial charge in [0.2, 0.25) is 17.7 Å². The Bertz CT molecular complexity index is 2360. The van der Waals surface area contributed by atoms with E-state index < -0.39 is 35.5 Å². The predicted molar refractivity (Wildman–Crippen MR) is 199 cm³/mol. The van der Waals surface area contributed by atoms with Gasteiger partial charge in [-0.25, -0.2) is 14.4 Å². The Morgan fingerprint density at radius 3 is 2.53 bits per heavy atom. The molecule has 3 N–H and O–H groups in total. The van der Waals surface area contributed by atoms with Crippen molar-refractivity contribution >= 4 is 51.9 Å². The topological polar surface area (TPSA) is 183 Å². The van der Waals surface area contributed by atoms with Gasteiger partial charge in [-0.15, -0.1) is 0 Å². The highest BCUT2D eigenvalue weighted by Gasteiger charge is 2.44. The fourth-order valence-corrected chi connectivity index (χ4v) is 7.28. The number of halogens is 1. The zero-order valence-electron chi connectivity index (χ0n) is 29.8. The molecule has 0 saturated carbocycles. The molecule has 2 saturated heterocycles. The molecule has 1 unspecified atom stereocenters.